The van der Waals surface area contributed by atoms with Crippen molar-refractivity contribution in [1.82, 2.24) is 9.03 Å². The predicted octanol–water partition coefficient (Wildman–Crippen LogP) is -2.44. The molecule has 0 aliphatic rings. The number of aliphatic hydroxyl groups is 1. The summed E-state index contributed by atoms with van der Waals surface area (Å²) in [7, 11) is -3.40. The summed E-state index contributed by atoms with van der Waals surface area (Å²) in [5.74, 6) is -3.01. The van der Waals surface area contributed by atoms with E-state index in [1.54, 1.807) is 0 Å². The maximum atomic E-state index is 11.6. The van der Waals surface area contributed by atoms with Gasteiger partial charge in [0.1, 0.15) is 11.5 Å². The molecule has 156 valence electrons. The fourth-order valence-electron chi connectivity index (χ4n) is 1.49. The Morgan fingerprint density at radius 1 is 1.00 bits per heavy atom. The van der Waals surface area contributed by atoms with Crippen molar-refractivity contribution in [2.24, 2.45) is 11.5 Å². The number of aliphatic hydroxyl groups excluding tert-OH is 1. The number of benzene rings is 1. The quantitative estimate of drug-likeness (QED) is 0.355. The van der Waals surface area contributed by atoms with Crippen LogP contribution in [0.4, 0.5) is 0 Å². The van der Waals surface area contributed by atoms with E-state index in [2.05, 4.69) is 5.73 Å². The van der Waals surface area contributed by atoms with Crippen LogP contribution in [0.3, 0.4) is 0 Å². The van der Waals surface area contributed by atoms with Crippen LogP contribution in [0.1, 0.15) is 5.56 Å². The van der Waals surface area contributed by atoms with Crippen molar-refractivity contribution in [2.75, 3.05) is 32.7 Å². The van der Waals surface area contributed by atoms with Gasteiger partial charge in [-0.05, 0) is 12.6 Å². The van der Waals surface area contributed by atoms with Gasteiger partial charge in [0, 0.05) is 20.7 Å². The zero-order valence-electron chi connectivity index (χ0n) is 15.3. The van der Waals surface area contributed by atoms with Crippen molar-refractivity contribution in [3.05, 3.63) is 35.9 Å². The molecule has 0 saturated heterocycles. The normalized spacial score (nSPS) is 10.9. The Hall–Kier alpha value is -2.06. The van der Waals surface area contributed by atoms with Crippen molar-refractivity contribution in [2.45, 2.75) is 6.54 Å². The van der Waals surface area contributed by atoms with E-state index in [9.17, 15) is 26.4 Å². The number of carbonyl (C=O) groups excluding carboxylic acids is 2. The Kier molecular flexibility index (Phi) is 13.2. The number of rotatable bonds is 8. The molecule has 0 saturated carbocycles. The first-order valence-corrected chi connectivity index (χ1v) is 10.6. The van der Waals surface area contributed by atoms with Crippen molar-refractivity contribution in [3.8, 4) is 0 Å². The van der Waals surface area contributed by atoms with E-state index in [1.807, 2.05) is 35.1 Å². The monoisotopic (exact) mass is 426 g/mol. The summed E-state index contributed by atoms with van der Waals surface area (Å²) in [5.41, 5.74) is 10.3. The molecular formula is C14H26N4O7S2. The smallest absolute Gasteiger partial charge is 0.234 e. The third kappa shape index (κ3) is 13.8. The molecule has 2 amide bonds. The van der Waals surface area contributed by atoms with Crippen LogP contribution in [0.25, 0.3) is 0 Å². The molecule has 11 nitrogen and oxygen atoms in total. The third-order valence-corrected chi connectivity index (χ3v) is 5.71. The highest BCUT2D eigenvalue weighted by Gasteiger charge is 2.20. The maximum absolute atomic E-state index is 11.6. The van der Waals surface area contributed by atoms with Crippen LogP contribution >= 0.6 is 0 Å². The van der Waals surface area contributed by atoms with E-state index >= 15 is 0 Å². The first-order chi connectivity index (χ1) is 12.4. The van der Waals surface area contributed by atoms with E-state index in [1.165, 1.54) is 14.1 Å². The third-order valence-electron chi connectivity index (χ3n) is 2.69. The highest BCUT2D eigenvalue weighted by Crippen LogP contribution is 2.06. The van der Waals surface area contributed by atoms with Gasteiger partial charge in [-0.25, -0.2) is 25.9 Å². The number of nitrogens with zero attached hydrogens (tertiary/aromatic N) is 1. The SMILES string of the molecule is CN(Cc1ccccc1)S(=O)(=O)CC(N)=O.CNS(=O)(=O)CC(N)=O.CO. The number of primary amides is 2. The van der Waals surface area contributed by atoms with Gasteiger partial charge in [-0.2, -0.15) is 0 Å². The highest BCUT2D eigenvalue weighted by molar-refractivity contribution is 7.90. The van der Waals surface area contributed by atoms with E-state index < -0.39 is 43.4 Å². The summed E-state index contributed by atoms with van der Waals surface area (Å²) in [4.78, 5) is 20.6. The van der Waals surface area contributed by atoms with Gasteiger partial charge in [0.15, 0.2) is 0 Å². The minimum atomic E-state index is -3.60. The molecule has 0 fully saturated rings. The number of carbonyl (C=O) groups is 2. The van der Waals surface area contributed by atoms with Crippen LogP contribution in [0.2, 0.25) is 0 Å². The van der Waals surface area contributed by atoms with Crippen molar-refractivity contribution in [1.29, 1.82) is 0 Å². The van der Waals surface area contributed by atoms with Gasteiger partial charge in [-0.15, -0.1) is 0 Å². The van der Waals surface area contributed by atoms with Crippen LogP contribution in [0.5, 0.6) is 0 Å². The summed E-state index contributed by atoms with van der Waals surface area (Å²) < 4.78 is 47.0. The topological polar surface area (TPSA) is 190 Å². The number of nitrogens with one attached hydrogen (secondary N) is 1. The molecule has 0 radical (unpaired) electrons. The molecule has 0 unspecified atom stereocenters. The van der Waals surface area contributed by atoms with Crippen LogP contribution in [0, 0.1) is 0 Å². The Morgan fingerprint density at radius 3 is 1.78 bits per heavy atom. The molecule has 6 N–H and O–H groups in total. The number of nitrogens with two attached hydrogens (primary N) is 2. The van der Waals surface area contributed by atoms with Crippen LogP contribution < -0.4 is 16.2 Å². The molecule has 0 atom stereocenters. The Labute approximate surface area is 159 Å². The van der Waals surface area contributed by atoms with Gasteiger partial charge in [0.05, 0.1) is 0 Å². The fraction of sp³-hybridized carbons (Fsp3) is 0.429. The molecule has 0 aliphatic heterocycles. The summed E-state index contributed by atoms with van der Waals surface area (Å²) in [6.45, 7) is 0.233. The van der Waals surface area contributed by atoms with Crippen molar-refractivity contribution >= 4 is 31.9 Å². The molecule has 1 rings (SSSR count). The second-order valence-corrected chi connectivity index (χ2v) is 8.90. The second-order valence-electron chi connectivity index (χ2n) is 4.89. The van der Waals surface area contributed by atoms with Gasteiger partial charge in [0.2, 0.25) is 31.9 Å². The number of sulfonamides is 2. The molecule has 0 aromatic heterocycles. The minimum absolute atomic E-state index is 0.233. The van der Waals surface area contributed by atoms with Crippen LogP contribution in [0.15, 0.2) is 30.3 Å². The molecule has 27 heavy (non-hydrogen) atoms. The summed E-state index contributed by atoms with van der Waals surface area (Å²) >= 11 is 0. The molecule has 1 aromatic carbocycles. The average molecular weight is 427 g/mol. The van der Waals surface area contributed by atoms with E-state index in [0.29, 0.717) is 0 Å². The van der Waals surface area contributed by atoms with Crippen LogP contribution in [-0.4, -0.2) is 70.8 Å². The number of amides is 2. The number of hydrogen-bond acceptors (Lipinski definition) is 7. The predicted molar refractivity (Wildman–Crippen MR) is 101 cm³/mol. The summed E-state index contributed by atoms with van der Waals surface area (Å²) in [5, 5.41) is 7.00. The van der Waals surface area contributed by atoms with E-state index in [4.69, 9.17) is 10.8 Å². The molecule has 0 spiro atoms. The molecule has 1 aromatic rings. The lowest BCUT2D eigenvalue weighted by Crippen LogP contribution is -2.34. The average Bonchev–Trinajstić information content (AvgIpc) is 2.56. The first kappa shape index (κ1) is 27.2. The standard InChI is InChI=1S/C10H14N2O3S.C3H8N2O3S.CH4O/c1-12(16(14,15)8-10(11)13)7-9-5-3-2-4-6-9;1-5-9(7,8)2-3(4)6;1-2/h2-6H,7-8H2,1H3,(H2,11,13);5H,2H2,1H3,(H2,4,6);2H,1H3. The van der Waals surface area contributed by atoms with Gasteiger partial charge in [-0.3, -0.25) is 9.59 Å². The fourth-order valence-corrected chi connectivity index (χ4v) is 2.93. The summed E-state index contributed by atoms with van der Waals surface area (Å²) in [6.07, 6.45) is 0. The largest absolute Gasteiger partial charge is 0.400 e. The van der Waals surface area contributed by atoms with Gasteiger partial charge in [-0.1, -0.05) is 30.3 Å². The molecule has 13 heteroatoms. The van der Waals surface area contributed by atoms with Crippen LogP contribution in [-0.2, 0) is 36.2 Å². The highest BCUT2D eigenvalue weighted by atomic mass is 32.2. The molecule has 0 bridgehead atoms. The lowest BCUT2D eigenvalue weighted by atomic mass is 10.2. The maximum Gasteiger partial charge on any atom is 0.234 e. The first-order valence-electron chi connectivity index (χ1n) is 7.30. The molecule has 0 aliphatic carbocycles. The van der Waals surface area contributed by atoms with Gasteiger partial charge >= 0.3 is 0 Å². The molecule has 0 heterocycles. The van der Waals surface area contributed by atoms with E-state index in [-0.39, 0.29) is 6.54 Å². The zero-order chi connectivity index (χ0) is 21.7. The second kappa shape index (κ2) is 13.2. The summed E-state index contributed by atoms with van der Waals surface area (Å²) in [6, 6.07) is 9.13. The Balaban J connectivity index is 0. The van der Waals surface area contributed by atoms with Gasteiger partial charge in [0.25, 0.3) is 0 Å². The zero-order valence-corrected chi connectivity index (χ0v) is 17.0. The van der Waals surface area contributed by atoms with Gasteiger partial charge < -0.3 is 16.6 Å². The number of hydrogen-bond donors (Lipinski definition) is 4. The lowest BCUT2D eigenvalue weighted by molar-refractivity contribution is -0.116. The lowest BCUT2D eigenvalue weighted by Gasteiger charge is -2.15. The van der Waals surface area contributed by atoms with E-state index in [0.717, 1.165) is 17.0 Å². The van der Waals surface area contributed by atoms with Crippen molar-refractivity contribution < 1.29 is 31.5 Å². The minimum Gasteiger partial charge on any atom is -0.400 e. The molecular weight excluding hydrogens is 400 g/mol. The Morgan fingerprint density at radius 2 is 1.44 bits per heavy atom. The Bertz CT molecular complexity index is 781. The van der Waals surface area contributed by atoms with Crippen molar-refractivity contribution in [3.63, 3.8) is 0 Å².